The molecule has 0 amide bonds. The number of benzene rings is 2. The van der Waals surface area contributed by atoms with E-state index in [0.29, 0.717) is 22.2 Å². The van der Waals surface area contributed by atoms with Crippen LogP contribution in [0.2, 0.25) is 0 Å². The van der Waals surface area contributed by atoms with Crippen molar-refractivity contribution in [3.63, 3.8) is 0 Å². The second-order valence-electron chi connectivity index (χ2n) is 4.85. The maximum absolute atomic E-state index is 12.6. The Labute approximate surface area is 125 Å². The van der Waals surface area contributed by atoms with Gasteiger partial charge < -0.3 is 0 Å². The van der Waals surface area contributed by atoms with Gasteiger partial charge >= 0.3 is 0 Å². The maximum atomic E-state index is 12.6. The topological polar surface area (TPSA) is 68.6 Å². The summed E-state index contributed by atoms with van der Waals surface area (Å²) >= 11 is 0. The second-order valence-corrected chi connectivity index (χ2v) is 4.85. The first-order valence-corrected chi connectivity index (χ1v) is 6.77. The largest absolute Gasteiger partial charge is 0.289 e. The van der Waals surface area contributed by atoms with Gasteiger partial charge in [0.15, 0.2) is 5.78 Å². The molecule has 0 atom stereocenters. The van der Waals surface area contributed by atoms with E-state index in [1.54, 1.807) is 61.2 Å². The predicted octanol–water partition coefficient (Wildman–Crippen LogP) is 2.80. The zero-order valence-electron chi connectivity index (χ0n) is 11.5. The summed E-state index contributed by atoms with van der Waals surface area (Å²) in [6, 6.07) is 10.6. The third kappa shape index (κ3) is 2.09. The number of hydrogen-bond donors (Lipinski definition) is 0. The van der Waals surface area contributed by atoms with Gasteiger partial charge in [0.05, 0.1) is 22.1 Å². The quantitative estimate of drug-likeness (QED) is 0.530. The van der Waals surface area contributed by atoms with Gasteiger partial charge in [0, 0.05) is 35.9 Å². The molecule has 0 N–H and O–H groups in total. The van der Waals surface area contributed by atoms with Gasteiger partial charge in [-0.3, -0.25) is 24.7 Å². The molecule has 0 unspecified atom stereocenters. The van der Waals surface area contributed by atoms with E-state index in [-0.39, 0.29) is 5.78 Å². The van der Waals surface area contributed by atoms with E-state index < -0.39 is 0 Å². The van der Waals surface area contributed by atoms with Crippen molar-refractivity contribution in [3.8, 4) is 0 Å². The minimum Gasteiger partial charge on any atom is -0.289 e. The highest BCUT2D eigenvalue weighted by molar-refractivity contribution is 6.11. The van der Waals surface area contributed by atoms with Crippen molar-refractivity contribution >= 4 is 27.9 Å². The maximum Gasteiger partial charge on any atom is 0.193 e. The highest BCUT2D eigenvalue weighted by atomic mass is 16.1. The van der Waals surface area contributed by atoms with Crippen LogP contribution in [-0.4, -0.2) is 25.7 Å². The number of fused-ring (bicyclic) bond motifs is 2. The number of carbonyl (C=O) groups is 1. The van der Waals surface area contributed by atoms with Gasteiger partial charge in [0.25, 0.3) is 0 Å². The molecular formula is C17H10N4O. The van der Waals surface area contributed by atoms with E-state index >= 15 is 0 Å². The molecule has 0 aliphatic heterocycles. The van der Waals surface area contributed by atoms with Gasteiger partial charge in [0.1, 0.15) is 0 Å². The van der Waals surface area contributed by atoms with Crippen LogP contribution in [0.15, 0.2) is 61.2 Å². The van der Waals surface area contributed by atoms with E-state index in [1.807, 2.05) is 0 Å². The normalized spacial score (nSPS) is 10.9. The molecule has 0 bridgehead atoms. The standard InChI is InChI=1S/C17H10N4O/c22-17(11-1-3-13-15(9-11)20-7-5-18-13)12-2-4-14-16(10-12)21-8-6-19-14/h1-10H. The fourth-order valence-electron chi connectivity index (χ4n) is 2.38. The fourth-order valence-corrected chi connectivity index (χ4v) is 2.38. The second kappa shape index (κ2) is 4.96. The van der Waals surface area contributed by atoms with Crippen LogP contribution in [0.3, 0.4) is 0 Å². The number of ketones is 1. The SMILES string of the molecule is O=C(c1ccc2nccnc2c1)c1ccc2nccnc2c1. The van der Waals surface area contributed by atoms with E-state index in [0.717, 1.165) is 11.0 Å². The van der Waals surface area contributed by atoms with Crippen molar-refractivity contribution in [2.24, 2.45) is 0 Å². The molecule has 0 radical (unpaired) electrons. The zero-order valence-corrected chi connectivity index (χ0v) is 11.5. The van der Waals surface area contributed by atoms with Gasteiger partial charge in [-0.2, -0.15) is 0 Å². The third-order valence-electron chi connectivity index (χ3n) is 3.46. The lowest BCUT2D eigenvalue weighted by Gasteiger charge is -2.04. The Kier molecular flexibility index (Phi) is 2.83. The number of nitrogens with zero attached hydrogens (tertiary/aromatic N) is 4. The molecule has 5 nitrogen and oxygen atoms in total. The van der Waals surface area contributed by atoms with E-state index in [9.17, 15) is 4.79 Å². The van der Waals surface area contributed by atoms with E-state index in [2.05, 4.69) is 19.9 Å². The molecule has 2 heterocycles. The molecule has 5 heteroatoms. The molecule has 4 aromatic rings. The van der Waals surface area contributed by atoms with Gasteiger partial charge in [-0.1, -0.05) is 0 Å². The van der Waals surface area contributed by atoms with Crippen LogP contribution in [0.5, 0.6) is 0 Å². The minimum absolute atomic E-state index is 0.0693. The average Bonchev–Trinajstić information content (AvgIpc) is 2.60. The summed E-state index contributed by atoms with van der Waals surface area (Å²) in [5, 5.41) is 0. The summed E-state index contributed by atoms with van der Waals surface area (Å²) in [7, 11) is 0. The van der Waals surface area contributed by atoms with Crippen molar-refractivity contribution < 1.29 is 4.79 Å². The summed E-state index contributed by atoms with van der Waals surface area (Å²) in [4.78, 5) is 29.5. The Bertz CT molecular complexity index is 932. The van der Waals surface area contributed by atoms with Gasteiger partial charge in [-0.15, -0.1) is 0 Å². The molecule has 0 aliphatic carbocycles. The van der Waals surface area contributed by atoms with Crippen LogP contribution in [0.25, 0.3) is 22.1 Å². The molecule has 0 fully saturated rings. The van der Waals surface area contributed by atoms with Crippen LogP contribution in [0, 0.1) is 0 Å². The molecule has 0 aliphatic rings. The molecule has 22 heavy (non-hydrogen) atoms. The number of aromatic nitrogens is 4. The van der Waals surface area contributed by atoms with Gasteiger partial charge in [-0.25, -0.2) is 0 Å². The smallest absolute Gasteiger partial charge is 0.193 e. The molecule has 0 saturated heterocycles. The van der Waals surface area contributed by atoms with Crippen LogP contribution in [-0.2, 0) is 0 Å². The summed E-state index contributed by atoms with van der Waals surface area (Å²) in [6.07, 6.45) is 6.49. The molecule has 2 aromatic carbocycles. The molecule has 104 valence electrons. The Morgan fingerprint density at radius 1 is 0.591 bits per heavy atom. The Morgan fingerprint density at radius 3 is 1.45 bits per heavy atom. The van der Waals surface area contributed by atoms with Crippen molar-refractivity contribution in [2.75, 3.05) is 0 Å². The summed E-state index contributed by atoms with van der Waals surface area (Å²) < 4.78 is 0. The van der Waals surface area contributed by atoms with Crippen LogP contribution >= 0.6 is 0 Å². The van der Waals surface area contributed by atoms with Crippen LogP contribution in [0.1, 0.15) is 15.9 Å². The van der Waals surface area contributed by atoms with Crippen molar-refractivity contribution in [3.05, 3.63) is 72.3 Å². The first-order valence-electron chi connectivity index (χ1n) is 6.77. The van der Waals surface area contributed by atoms with Crippen LogP contribution < -0.4 is 0 Å². The van der Waals surface area contributed by atoms with Gasteiger partial charge in [-0.05, 0) is 36.4 Å². The molecule has 2 aromatic heterocycles. The lowest BCUT2D eigenvalue weighted by atomic mass is 10.0. The van der Waals surface area contributed by atoms with Crippen LogP contribution in [0.4, 0.5) is 0 Å². The van der Waals surface area contributed by atoms with Crippen molar-refractivity contribution in [2.45, 2.75) is 0 Å². The Balaban J connectivity index is 1.80. The Morgan fingerprint density at radius 2 is 1.00 bits per heavy atom. The van der Waals surface area contributed by atoms with Gasteiger partial charge in [0.2, 0.25) is 0 Å². The number of carbonyl (C=O) groups excluding carboxylic acids is 1. The highest BCUT2D eigenvalue weighted by Crippen LogP contribution is 2.17. The lowest BCUT2D eigenvalue weighted by molar-refractivity contribution is 0.103. The predicted molar refractivity (Wildman–Crippen MR) is 82.5 cm³/mol. The first kappa shape index (κ1) is 12.5. The Hall–Kier alpha value is -3.21. The average molecular weight is 286 g/mol. The van der Waals surface area contributed by atoms with E-state index in [4.69, 9.17) is 0 Å². The molecular weight excluding hydrogens is 276 g/mol. The monoisotopic (exact) mass is 286 g/mol. The third-order valence-corrected chi connectivity index (χ3v) is 3.46. The van der Waals surface area contributed by atoms with Crippen molar-refractivity contribution in [1.29, 1.82) is 0 Å². The van der Waals surface area contributed by atoms with Crippen molar-refractivity contribution in [1.82, 2.24) is 19.9 Å². The highest BCUT2D eigenvalue weighted by Gasteiger charge is 2.11. The zero-order chi connectivity index (χ0) is 14.9. The number of hydrogen-bond acceptors (Lipinski definition) is 5. The number of rotatable bonds is 2. The molecule has 0 spiro atoms. The van der Waals surface area contributed by atoms with E-state index in [1.165, 1.54) is 0 Å². The fraction of sp³-hybridized carbons (Fsp3) is 0. The minimum atomic E-state index is -0.0693. The summed E-state index contributed by atoms with van der Waals surface area (Å²) in [5.74, 6) is -0.0693. The molecule has 0 saturated carbocycles. The molecule has 4 rings (SSSR count). The first-order chi connectivity index (χ1) is 10.8. The lowest BCUT2D eigenvalue weighted by Crippen LogP contribution is -2.02. The summed E-state index contributed by atoms with van der Waals surface area (Å²) in [6.45, 7) is 0. The summed E-state index contributed by atoms with van der Waals surface area (Å²) in [5.41, 5.74) is 4.10.